The first-order valence-corrected chi connectivity index (χ1v) is 6.21. The molecule has 0 saturated heterocycles. The van der Waals surface area contributed by atoms with Gasteiger partial charge in [-0.15, -0.1) is 0 Å². The van der Waals surface area contributed by atoms with E-state index in [2.05, 4.69) is 5.32 Å². The number of ether oxygens (including phenoxy) is 2. The Morgan fingerprint density at radius 1 is 1.33 bits per heavy atom. The number of furan rings is 1. The van der Waals surface area contributed by atoms with Crippen LogP contribution in [0.3, 0.4) is 0 Å². The summed E-state index contributed by atoms with van der Waals surface area (Å²) in [5, 5.41) is 2.64. The SMILES string of the molecule is O=C1COc2ccc(OC(=O)/C=C/c3ccco3)cc2N1. The Balaban J connectivity index is 1.69. The van der Waals surface area contributed by atoms with Crippen LogP contribution in [-0.4, -0.2) is 18.5 Å². The van der Waals surface area contributed by atoms with E-state index in [4.69, 9.17) is 13.9 Å². The van der Waals surface area contributed by atoms with Crippen LogP contribution < -0.4 is 14.8 Å². The van der Waals surface area contributed by atoms with Gasteiger partial charge in [0.1, 0.15) is 17.3 Å². The van der Waals surface area contributed by atoms with Gasteiger partial charge in [0.2, 0.25) is 0 Å². The van der Waals surface area contributed by atoms with Crippen molar-refractivity contribution in [2.24, 2.45) is 0 Å². The average molecular weight is 285 g/mol. The molecular weight excluding hydrogens is 274 g/mol. The Morgan fingerprint density at radius 3 is 3.05 bits per heavy atom. The number of carbonyl (C=O) groups is 2. The molecule has 6 nitrogen and oxygen atoms in total. The number of carbonyl (C=O) groups excluding carboxylic acids is 2. The van der Waals surface area contributed by atoms with Crippen LogP contribution in [0.15, 0.2) is 47.1 Å². The Labute approximate surface area is 120 Å². The number of esters is 1. The number of benzene rings is 1. The van der Waals surface area contributed by atoms with Gasteiger partial charge in [0.25, 0.3) is 5.91 Å². The Kier molecular flexibility index (Phi) is 3.42. The smallest absolute Gasteiger partial charge is 0.336 e. The second kappa shape index (κ2) is 5.54. The summed E-state index contributed by atoms with van der Waals surface area (Å²) in [4.78, 5) is 22.9. The van der Waals surface area contributed by atoms with Gasteiger partial charge in [-0.2, -0.15) is 0 Å². The fourth-order valence-corrected chi connectivity index (χ4v) is 1.81. The molecular formula is C15H11NO5. The second-order valence-corrected chi connectivity index (χ2v) is 4.26. The van der Waals surface area contributed by atoms with Gasteiger partial charge in [0, 0.05) is 12.1 Å². The van der Waals surface area contributed by atoms with E-state index in [0.29, 0.717) is 22.9 Å². The number of hydrogen-bond donors (Lipinski definition) is 1. The Hall–Kier alpha value is -3.02. The van der Waals surface area contributed by atoms with E-state index in [1.165, 1.54) is 24.5 Å². The molecule has 0 radical (unpaired) electrons. The second-order valence-electron chi connectivity index (χ2n) is 4.26. The lowest BCUT2D eigenvalue weighted by Crippen LogP contribution is -2.25. The van der Waals surface area contributed by atoms with Gasteiger partial charge in [0.05, 0.1) is 12.0 Å². The van der Waals surface area contributed by atoms with E-state index in [1.54, 1.807) is 24.3 Å². The average Bonchev–Trinajstić information content (AvgIpc) is 2.98. The molecule has 1 aliphatic rings. The third kappa shape index (κ3) is 3.11. The summed E-state index contributed by atoms with van der Waals surface area (Å²) in [5.41, 5.74) is 0.478. The molecule has 2 heterocycles. The highest BCUT2D eigenvalue weighted by Crippen LogP contribution is 2.31. The molecule has 1 aromatic heterocycles. The summed E-state index contributed by atoms with van der Waals surface area (Å²) < 4.78 is 15.4. The van der Waals surface area contributed by atoms with Crippen LogP contribution in [0.4, 0.5) is 5.69 Å². The van der Waals surface area contributed by atoms with E-state index >= 15 is 0 Å². The van der Waals surface area contributed by atoms with Crippen LogP contribution in [0.2, 0.25) is 0 Å². The van der Waals surface area contributed by atoms with E-state index in [0.717, 1.165) is 0 Å². The molecule has 0 spiro atoms. The molecule has 0 saturated carbocycles. The monoisotopic (exact) mass is 285 g/mol. The number of fused-ring (bicyclic) bond motifs is 1. The topological polar surface area (TPSA) is 77.8 Å². The van der Waals surface area contributed by atoms with Crippen LogP contribution >= 0.6 is 0 Å². The fraction of sp³-hybridized carbons (Fsp3) is 0.0667. The molecule has 0 unspecified atom stereocenters. The molecule has 0 atom stereocenters. The van der Waals surface area contributed by atoms with E-state index in [9.17, 15) is 9.59 Å². The van der Waals surface area contributed by atoms with Crippen LogP contribution in [-0.2, 0) is 9.59 Å². The third-order valence-corrected chi connectivity index (χ3v) is 2.73. The van der Waals surface area contributed by atoms with Gasteiger partial charge in [-0.25, -0.2) is 4.79 Å². The number of anilines is 1. The van der Waals surface area contributed by atoms with Crippen molar-refractivity contribution in [1.82, 2.24) is 0 Å². The van der Waals surface area contributed by atoms with Crippen molar-refractivity contribution in [3.05, 3.63) is 48.4 Å². The van der Waals surface area contributed by atoms with Gasteiger partial charge in [-0.1, -0.05) is 0 Å². The van der Waals surface area contributed by atoms with Gasteiger partial charge < -0.3 is 19.2 Å². The molecule has 1 aromatic carbocycles. The van der Waals surface area contributed by atoms with Crippen molar-refractivity contribution in [3.63, 3.8) is 0 Å². The molecule has 106 valence electrons. The van der Waals surface area contributed by atoms with Crippen LogP contribution in [0.1, 0.15) is 5.76 Å². The first-order valence-electron chi connectivity index (χ1n) is 6.21. The predicted octanol–water partition coefficient (Wildman–Crippen LogP) is 2.23. The van der Waals surface area contributed by atoms with E-state index in [-0.39, 0.29) is 12.5 Å². The highest BCUT2D eigenvalue weighted by atomic mass is 16.5. The van der Waals surface area contributed by atoms with Gasteiger partial charge in [-0.05, 0) is 30.3 Å². The lowest BCUT2D eigenvalue weighted by molar-refractivity contribution is -0.128. The quantitative estimate of drug-likeness (QED) is 0.531. The number of hydrogen-bond acceptors (Lipinski definition) is 5. The zero-order valence-electron chi connectivity index (χ0n) is 10.9. The van der Waals surface area contributed by atoms with Crippen LogP contribution in [0.5, 0.6) is 11.5 Å². The number of amides is 1. The standard InChI is InChI=1S/C15H11NO5/c17-14-9-20-13-5-3-11(8-12(13)16-14)21-15(18)6-4-10-2-1-7-19-10/h1-8H,9H2,(H,16,17)/b6-4+. The molecule has 3 rings (SSSR count). The molecule has 1 amide bonds. The van der Waals surface area contributed by atoms with Crippen LogP contribution in [0.25, 0.3) is 6.08 Å². The van der Waals surface area contributed by atoms with Crippen molar-refractivity contribution in [1.29, 1.82) is 0 Å². The molecule has 21 heavy (non-hydrogen) atoms. The first kappa shape index (κ1) is 13.0. The predicted molar refractivity (Wildman–Crippen MR) is 73.9 cm³/mol. The minimum Gasteiger partial charge on any atom is -0.482 e. The summed E-state index contributed by atoms with van der Waals surface area (Å²) in [5.74, 6) is 0.616. The lowest BCUT2D eigenvalue weighted by atomic mass is 10.2. The molecule has 0 fully saturated rings. The Morgan fingerprint density at radius 2 is 2.24 bits per heavy atom. The maximum Gasteiger partial charge on any atom is 0.336 e. The van der Waals surface area contributed by atoms with Crippen molar-refractivity contribution < 1.29 is 23.5 Å². The van der Waals surface area contributed by atoms with Crippen LogP contribution in [0, 0.1) is 0 Å². The van der Waals surface area contributed by atoms with Crippen molar-refractivity contribution in [3.8, 4) is 11.5 Å². The molecule has 1 aliphatic heterocycles. The highest BCUT2D eigenvalue weighted by molar-refractivity contribution is 5.96. The van der Waals surface area contributed by atoms with E-state index < -0.39 is 5.97 Å². The van der Waals surface area contributed by atoms with Crippen molar-refractivity contribution in [2.75, 3.05) is 11.9 Å². The molecule has 0 aliphatic carbocycles. The summed E-state index contributed by atoms with van der Waals surface area (Å²) >= 11 is 0. The van der Waals surface area contributed by atoms with Crippen molar-refractivity contribution in [2.45, 2.75) is 0 Å². The maximum absolute atomic E-state index is 11.7. The summed E-state index contributed by atoms with van der Waals surface area (Å²) in [7, 11) is 0. The minimum absolute atomic E-state index is 0.0159. The summed E-state index contributed by atoms with van der Waals surface area (Å²) in [6, 6.07) is 8.19. The molecule has 6 heteroatoms. The van der Waals surface area contributed by atoms with Gasteiger partial charge >= 0.3 is 5.97 Å². The fourth-order valence-electron chi connectivity index (χ4n) is 1.81. The normalized spacial score (nSPS) is 13.4. The Bertz CT molecular complexity index is 703. The van der Waals surface area contributed by atoms with E-state index in [1.807, 2.05) is 0 Å². The highest BCUT2D eigenvalue weighted by Gasteiger charge is 2.16. The van der Waals surface area contributed by atoms with Gasteiger partial charge in [-0.3, -0.25) is 4.79 Å². The summed E-state index contributed by atoms with van der Waals surface area (Å²) in [6.45, 7) is -0.0159. The third-order valence-electron chi connectivity index (χ3n) is 2.73. The first-order chi connectivity index (χ1) is 10.2. The number of nitrogens with one attached hydrogen (secondary N) is 1. The zero-order valence-corrected chi connectivity index (χ0v) is 10.9. The summed E-state index contributed by atoms with van der Waals surface area (Å²) in [6.07, 6.45) is 4.27. The zero-order chi connectivity index (χ0) is 14.7. The maximum atomic E-state index is 11.7. The molecule has 1 N–H and O–H groups in total. The largest absolute Gasteiger partial charge is 0.482 e. The lowest BCUT2D eigenvalue weighted by Gasteiger charge is -2.18. The molecule has 2 aromatic rings. The molecule has 0 bridgehead atoms. The minimum atomic E-state index is -0.547. The van der Waals surface area contributed by atoms with Gasteiger partial charge in [0.15, 0.2) is 6.61 Å². The van der Waals surface area contributed by atoms with Crippen molar-refractivity contribution >= 4 is 23.6 Å². The number of rotatable bonds is 3.